The van der Waals surface area contributed by atoms with Crippen LogP contribution in [0.4, 0.5) is 10.2 Å². The van der Waals surface area contributed by atoms with Gasteiger partial charge in [0.1, 0.15) is 12.1 Å². The van der Waals surface area contributed by atoms with Crippen LogP contribution in [0.1, 0.15) is 23.9 Å². The van der Waals surface area contributed by atoms with E-state index in [9.17, 15) is 4.39 Å². The van der Waals surface area contributed by atoms with E-state index in [1.165, 1.54) is 25.1 Å². The highest BCUT2D eigenvalue weighted by atomic mass is 19.1. The number of ether oxygens (including phenoxy) is 1. The number of aromatic nitrogens is 4. The minimum atomic E-state index is -0.436. The number of benzene rings is 1. The first-order valence-corrected chi connectivity index (χ1v) is 8.14. The van der Waals surface area contributed by atoms with Crippen LogP contribution in [0.2, 0.25) is 0 Å². The number of halogens is 1. The van der Waals surface area contributed by atoms with Gasteiger partial charge in [0.05, 0.1) is 18.3 Å². The molecule has 1 aromatic carbocycles. The van der Waals surface area contributed by atoms with Gasteiger partial charge in [-0.15, -0.1) is 0 Å². The summed E-state index contributed by atoms with van der Waals surface area (Å²) in [7, 11) is 3.39. The second-order valence-corrected chi connectivity index (χ2v) is 6.25. The van der Waals surface area contributed by atoms with Gasteiger partial charge < -0.3 is 10.1 Å². The molecule has 1 atom stereocenters. The van der Waals surface area contributed by atoms with Crippen LogP contribution in [0, 0.1) is 19.7 Å². The molecule has 0 amide bonds. The molecule has 0 saturated heterocycles. The molecule has 0 spiro atoms. The van der Waals surface area contributed by atoms with Gasteiger partial charge in [-0.05, 0) is 38.8 Å². The summed E-state index contributed by atoms with van der Waals surface area (Å²) < 4.78 is 20.8. The van der Waals surface area contributed by atoms with Crippen molar-refractivity contribution in [1.82, 2.24) is 19.7 Å². The Morgan fingerprint density at radius 2 is 2.04 bits per heavy atom. The van der Waals surface area contributed by atoms with Crippen molar-refractivity contribution in [2.45, 2.75) is 33.2 Å². The van der Waals surface area contributed by atoms with Crippen LogP contribution in [0.5, 0.6) is 5.75 Å². The minimum absolute atomic E-state index is 0.121. The molecule has 1 unspecified atom stereocenters. The molecule has 6 nitrogen and oxygen atoms in total. The molecule has 0 aliphatic carbocycles. The van der Waals surface area contributed by atoms with E-state index in [0.717, 1.165) is 23.2 Å². The molecule has 0 bridgehead atoms. The number of nitrogens with one attached hydrogen (secondary N) is 1. The van der Waals surface area contributed by atoms with Crippen LogP contribution >= 0.6 is 0 Å². The zero-order chi connectivity index (χ0) is 18.1. The summed E-state index contributed by atoms with van der Waals surface area (Å²) in [6.45, 7) is 6.17. The van der Waals surface area contributed by atoms with Crippen molar-refractivity contribution in [3.05, 3.63) is 41.2 Å². The lowest BCUT2D eigenvalue weighted by atomic mass is 10.1. The minimum Gasteiger partial charge on any atom is -0.494 e. The summed E-state index contributed by atoms with van der Waals surface area (Å²) >= 11 is 0. The summed E-state index contributed by atoms with van der Waals surface area (Å²) in [6, 6.07) is 3.11. The third-order valence-corrected chi connectivity index (χ3v) is 4.46. The van der Waals surface area contributed by atoms with E-state index in [1.807, 2.05) is 18.7 Å². The number of hydrogen-bond donors (Lipinski definition) is 1. The molecule has 0 radical (unpaired) electrons. The number of nitrogens with zero attached hydrogens (tertiary/aromatic N) is 4. The Labute approximate surface area is 146 Å². The largest absolute Gasteiger partial charge is 0.494 e. The third kappa shape index (κ3) is 3.26. The predicted octanol–water partition coefficient (Wildman–Crippen LogP) is 3.17. The molecule has 7 heteroatoms. The highest BCUT2D eigenvalue weighted by Gasteiger charge is 2.15. The average Bonchev–Trinajstić information content (AvgIpc) is 2.80. The standard InChI is InChI=1S/C18H22FN5O/c1-10(6-13-11(2)23-24(4)12(13)3)22-18-14-7-17(25-5)15(19)8-16(14)20-9-21-18/h7-10H,6H2,1-5H3,(H,20,21,22). The molecular formula is C18H22FN5O. The van der Waals surface area contributed by atoms with Crippen molar-refractivity contribution < 1.29 is 9.13 Å². The van der Waals surface area contributed by atoms with Gasteiger partial charge in [-0.25, -0.2) is 14.4 Å². The molecule has 1 N–H and O–H groups in total. The van der Waals surface area contributed by atoms with Gasteiger partial charge in [-0.3, -0.25) is 4.68 Å². The lowest BCUT2D eigenvalue weighted by molar-refractivity contribution is 0.387. The Morgan fingerprint density at radius 3 is 2.68 bits per heavy atom. The Hall–Kier alpha value is -2.70. The normalized spacial score (nSPS) is 12.4. The maximum atomic E-state index is 13.9. The monoisotopic (exact) mass is 343 g/mol. The fourth-order valence-corrected chi connectivity index (χ4v) is 3.03. The highest BCUT2D eigenvalue weighted by molar-refractivity contribution is 5.90. The van der Waals surface area contributed by atoms with Gasteiger partial charge >= 0.3 is 0 Å². The summed E-state index contributed by atoms with van der Waals surface area (Å²) in [6.07, 6.45) is 2.25. The van der Waals surface area contributed by atoms with Gasteiger partial charge in [0.2, 0.25) is 0 Å². The average molecular weight is 343 g/mol. The molecule has 2 heterocycles. The predicted molar refractivity (Wildman–Crippen MR) is 95.5 cm³/mol. The van der Waals surface area contributed by atoms with Gasteiger partial charge in [-0.1, -0.05) is 0 Å². The number of fused-ring (bicyclic) bond motifs is 1. The first-order valence-electron chi connectivity index (χ1n) is 8.14. The van der Waals surface area contributed by atoms with Crippen LogP contribution in [0.15, 0.2) is 18.5 Å². The molecule has 0 fully saturated rings. The molecule has 132 valence electrons. The van der Waals surface area contributed by atoms with Gasteiger partial charge in [-0.2, -0.15) is 5.10 Å². The third-order valence-electron chi connectivity index (χ3n) is 4.46. The molecule has 0 aliphatic rings. The molecule has 25 heavy (non-hydrogen) atoms. The lowest BCUT2D eigenvalue weighted by Crippen LogP contribution is -2.20. The quantitative estimate of drug-likeness (QED) is 0.771. The number of hydrogen-bond acceptors (Lipinski definition) is 5. The fourth-order valence-electron chi connectivity index (χ4n) is 3.03. The summed E-state index contributed by atoms with van der Waals surface area (Å²) in [5.41, 5.74) is 3.95. The van der Waals surface area contributed by atoms with E-state index in [0.29, 0.717) is 11.3 Å². The zero-order valence-corrected chi connectivity index (χ0v) is 15.1. The number of aryl methyl sites for hydroxylation is 2. The number of methoxy groups -OCH3 is 1. The molecule has 0 saturated carbocycles. The van der Waals surface area contributed by atoms with Crippen molar-refractivity contribution in [3.8, 4) is 5.75 Å². The molecule has 3 aromatic rings. The first kappa shape index (κ1) is 17.1. The van der Waals surface area contributed by atoms with E-state index in [2.05, 4.69) is 34.2 Å². The molecule has 3 rings (SSSR count). The highest BCUT2D eigenvalue weighted by Crippen LogP contribution is 2.28. The molecule has 0 aliphatic heterocycles. The topological polar surface area (TPSA) is 64.9 Å². The first-order chi connectivity index (χ1) is 11.9. The summed E-state index contributed by atoms with van der Waals surface area (Å²) in [5, 5.41) is 8.59. The van der Waals surface area contributed by atoms with E-state index in [-0.39, 0.29) is 11.8 Å². The van der Waals surface area contributed by atoms with Crippen molar-refractivity contribution in [3.63, 3.8) is 0 Å². The van der Waals surface area contributed by atoms with Crippen molar-refractivity contribution in [2.24, 2.45) is 7.05 Å². The van der Waals surface area contributed by atoms with Gasteiger partial charge in [0.25, 0.3) is 0 Å². The Balaban J connectivity index is 1.89. The second-order valence-electron chi connectivity index (χ2n) is 6.25. The van der Waals surface area contributed by atoms with E-state index < -0.39 is 5.82 Å². The summed E-state index contributed by atoms with van der Waals surface area (Å²) in [5.74, 6) is 0.404. The van der Waals surface area contributed by atoms with Crippen LogP contribution in [0.25, 0.3) is 10.9 Å². The smallest absolute Gasteiger partial charge is 0.167 e. The second kappa shape index (κ2) is 6.66. The van der Waals surface area contributed by atoms with Gasteiger partial charge in [0.15, 0.2) is 11.6 Å². The van der Waals surface area contributed by atoms with Crippen LogP contribution in [-0.2, 0) is 13.5 Å². The van der Waals surface area contributed by atoms with Crippen LogP contribution < -0.4 is 10.1 Å². The SMILES string of the molecule is COc1cc2c(NC(C)Cc3c(C)nn(C)c3C)ncnc2cc1F. The van der Waals surface area contributed by atoms with E-state index in [1.54, 1.807) is 6.07 Å². The van der Waals surface area contributed by atoms with Crippen molar-refractivity contribution in [2.75, 3.05) is 12.4 Å². The van der Waals surface area contributed by atoms with Crippen LogP contribution in [-0.4, -0.2) is 32.9 Å². The number of anilines is 1. The Kier molecular flexibility index (Phi) is 4.57. The van der Waals surface area contributed by atoms with Gasteiger partial charge in [0, 0.05) is 30.2 Å². The lowest BCUT2D eigenvalue weighted by Gasteiger charge is -2.16. The maximum absolute atomic E-state index is 13.9. The summed E-state index contributed by atoms with van der Waals surface area (Å²) in [4.78, 5) is 8.46. The van der Waals surface area contributed by atoms with E-state index >= 15 is 0 Å². The zero-order valence-electron chi connectivity index (χ0n) is 15.1. The maximum Gasteiger partial charge on any atom is 0.167 e. The molecule has 2 aromatic heterocycles. The number of rotatable bonds is 5. The van der Waals surface area contributed by atoms with E-state index in [4.69, 9.17) is 4.74 Å². The Morgan fingerprint density at radius 1 is 1.28 bits per heavy atom. The van der Waals surface area contributed by atoms with Crippen LogP contribution in [0.3, 0.4) is 0 Å². The van der Waals surface area contributed by atoms with Crippen molar-refractivity contribution >= 4 is 16.7 Å². The Bertz CT molecular complexity index is 921. The molecular weight excluding hydrogens is 321 g/mol. The van der Waals surface area contributed by atoms with Crippen molar-refractivity contribution in [1.29, 1.82) is 0 Å². The fraction of sp³-hybridized carbons (Fsp3) is 0.389.